The first kappa shape index (κ1) is 9.14. The highest BCUT2D eigenvalue weighted by Crippen LogP contribution is 2.04. The fourth-order valence-electron chi connectivity index (χ4n) is 0.868. The minimum atomic E-state index is -0.848. The van der Waals surface area contributed by atoms with Crippen molar-refractivity contribution in [3.63, 3.8) is 0 Å². The van der Waals surface area contributed by atoms with Crippen LogP contribution in [0.25, 0.3) is 0 Å². The number of hydrogen-bond donors (Lipinski definition) is 2. The van der Waals surface area contributed by atoms with E-state index in [0.717, 1.165) is 0 Å². The van der Waals surface area contributed by atoms with Gasteiger partial charge in [0.2, 0.25) is 0 Å². The Labute approximate surface area is 59.9 Å². The Morgan fingerprint density at radius 1 is 1.44 bits per heavy atom. The lowest BCUT2D eigenvalue weighted by atomic mass is 10.1. The third-order valence-corrected chi connectivity index (χ3v) is 1.27. The topological polar surface area (TPSA) is 32.3 Å². The number of nitrogens with one attached hydrogen (secondary N) is 1. The Kier molecular flexibility index (Phi) is 4.10. The molecule has 0 amide bonds. The zero-order valence-electron chi connectivity index (χ0n) is 5.01. The zero-order chi connectivity index (χ0) is 5.98. The number of rotatable bonds is 0. The molecule has 1 fully saturated rings. The molecule has 1 rings (SSSR count). The molecule has 0 aliphatic carbocycles. The van der Waals surface area contributed by atoms with Crippen molar-refractivity contribution >= 4 is 12.4 Å². The second-order valence-electron chi connectivity index (χ2n) is 2.15. The highest BCUT2D eigenvalue weighted by atomic mass is 35.5. The molecule has 0 aromatic carbocycles. The lowest BCUT2D eigenvalue weighted by molar-refractivity contribution is 0.0967. The van der Waals surface area contributed by atoms with Gasteiger partial charge in [-0.15, -0.1) is 12.4 Å². The highest BCUT2D eigenvalue weighted by molar-refractivity contribution is 5.85. The SMILES string of the molecule is Cl.O[C@H]1CNC[C@H](F)C1. The molecule has 0 radical (unpaired) electrons. The van der Waals surface area contributed by atoms with E-state index in [1.807, 2.05) is 0 Å². The maximum atomic E-state index is 12.2. The van der Waals surface area contributed by atoms with Crippen LogP contribution in [-0.4, -0.2) is 30.5 Å². The zero-order valence-corrected chi connectivity index (χ0v) is 5.83. The first-order valence-electron chi connectivity index (χ1n) is 2.82. The summed E-state index contributed by atoms with van der Waals surface area (Å²) in [4.78, 5) is 0. The first-order valence-corrected chi connectivity index (χ1v) is 2.82. The Morgan fingerprint density at radius 2 is 2.11 bits per heavy atom. The summed E-state index contributed by atoms with van der Waals surface area (Å²) in [5.41, 5.74) is 0. The van der Waals surface area contributed by atoms with Gasteiger partial charge >= 0.3 is 0 Å². The fraction of sp³-hybridized carbons (Fsp3) is 1.00. The van der Waals surface area contributed by atoms with Gasteiger partial charge < -0.3 is 10.4 Å². The number of alkyl halides is 1. The van der Waals surface area contributed by atoms with E-state index in [1.165, 1.54) is 0 Å². The molecule has 56 valence electrons. The van der Waals surface area contributed by atoms with Crippen molar-refractivity contribution in [2.45, 2.75) is 18.7 Å². The van der Waals surface area contributed by atoms with E-state index in [0.29, 0.717) is 19.5 Å². The molecule has 2 N–H and O–H groups in total. The number of piperidine rings is 1. The standard InChI is InChI=1S/C5H10FNO.ClH/c6-4-1-5(8)3-7-2-4;/h4-5,7-8H,1-3H2;1H/t4-,5-;/m1./s1. The Morgan fingerprint density at radius 3 is 2.44 bits per heavy atom. The van der Waals surface area contributed by atoms with Gasteiger partial charge in [0.05, 0.1) is 6.10 Å². The van der Waals surface area contributed by atoms with Gasteiger partial charge in [-0.2, -0.15) is 0 Å². The number of β-amino-alcohol motifs (C(OH)–C–C–N with tert-alkyl or cyclic N) is 1. The molecular formula is C5H11ClFNO. The van der Waals surface area contributed by atoms with Crippen LogP contribution in [0.4, 0.5) is 4.39 Å². The van der Waals surface area contributed by atoms with Crippen LogP contribution in [0.5, 0.6) is 0 Å². The third kappa shape index (κ3) is 2.98. The average molecular weight is 156 g/mol. The maximum Gasteiger partial charge on any atom is 0.115 e. The van der Waals surface area contributed by atoms with E-state index in [2.05, 4.69) is 5.32 Å². The quantitative estimate of drug-likeness (QED) is 0.520. The molecule has 1 aliphatic heterocycles. The van der Waals surface area contributed by atoms with Crippen LogP contribution in [0.1, 0.15) is 6.42 Å². The van der Waals surface area contributed by atoms with Crippen molar-refractivity contribution in [1.82, 2.24) is 5.32 Å². The van der Waals surface area contributed by atoms with Crippen LogP contribution < -0.4 is 5.32 Å². The van der Waals surface area contributed by atoms with E-state index in [-0.39, 0.29) is 12.4 Å². The van der Waals surface area contributed by atoms with Gasteiger partial charge in [-0.05, 0) is 0 Å². The second kappa shape index (κ2) is 4.04. The minimum Gasteiger partial charge on any atom is -0.392 e. The van der Waals surface area contributed by atoms with Crippen molar-refractivity contribution in [2.24, 2.45) is 0 Å². The molecule has 0 unspecified atom stereocenters. The van der Waals surface area contributed by atoms with Gasteiger partial charge in [0, 0.05) is 19.5 Å². The molecule has 1 aliphatic rings. The number of aliphatic hydroxyl groups is 1. The summed E-state index contributed by atoms with van der Waals surface area (Å²) in [5.74, 6) is 0. The van der Waals surface area contributed by atoms with Crippen molar-refractivity contribution in [3.8, 4) is 0 Å². The van der Waals surface area contributed by atoms with Crippen LogP contribution in [0.3, 0.4) is 0 Å². The smallest absolute Gasteiger partial charge is 0.115 e. The van der Waals surface area contributed by atoms with Crippen molar-refractivity contribution < 1.29 is 9.50 Å². The van der Waals surface area contributed by atoms with Gasteiger partial charge in [0.25, 0.3) is 0 Å². The Hall–Kier alpha value is 0.140. The van der Waals surface area contributed by atoms with Gasteiger partial charge in [-0.25, -0.2) is 4.39 Å². The van der Waals surface area contributed by atoms with Gasteiger partial charge in [-0.3, -0.25) is 0 Å². The maximum absolute atomic E-state index is 12.2. The lowest BCUT2D eigenvalue weighted by Gasteiger charge is -2.20. The summed E-state index contributed by atoms with van der Waals surface area (Å²) in [7, 11) is 0. The molecule has 2 nitrogen and oxygen atoms in total. The molecule has 4 heteroatoms. The summed E-state index contributed by atoms with van der Waals surface area (Å²) in [6, 6.07) is 0. The van der Waals surface area contributed by atoms with Gasteiger partial charge in [0.15, 0.2) is 0 Å². The minimum absolute atomic E-state index is 0. The van der Waals surface area contributed by atoms with Crippen LogP contribution in [-0.2, 0) is 0 Å². The van der Waals surface area contributed by atoms with E-state index in [4.69, 9.17) is 5.11 Å². The van der Waals surface area contributed by atoms with Gasteiger partial charge in [-0.1, -0.05) is 0 Å². The van der Waals surface area contributed by atoms with E-state index in [1.54, 1.807) is 0 Å². The van der Waals surface area contributed by atoms with Crippen LogP contribution in [0.15, 0.2) is 0 Å². The average Bonchev–Trinajstić information content (AvgIpc) is 1.64. The molecule has 0 aromatic heterocycles. The van der Waals surface area contributed by atoms with Crippen molar-refractivity contribution in [2.75, 3.05) is 13.1 Å². The molecule has 9 heavy (non-hydrogen) atoms. The molecule has 1 heterocycles. The van der Waals surface area contributed by atoms with Crippen LogP contribution in [0, 0.1) is 0 Å². The summed E-state index contributed by atoms with van der Waals surface area (Å²) < 4.78 is 12.2. The first-order chi connectivity index (χ1) is 3.79. The van der Waals surface area contributed by atoms with E-state index < -0.39 is 12.3 Å². The third-order valence-electron chi connectivity index (χ3n) is 1.27. The number of hydrogen-bond acceptors (Lipinski definition) is 2. The molecule has 1 saturated heterocycles. The van der Waals surface area contributed by atoms with Gasteiger partial charge in [0.1, 0.15) is 6.17 Å². The largest absolute Gasteiger partial charge is 0.392 e. The summed E-state index contributed by atoms with van der Waals surface area (Å²) >= 11 is 0. The van der Waals surface area contributed by atoms with E-state index in [9.17, 15) is 4.39 Å². The monoisotopic (exact) mass is 155 g/mol. The summed E-state index contributed by atoms with van der Waals surface area (Å²) in [6.07, 6.45) is -1.02. The summed E-state index contributed by atoms with van der Waals surface area (Å²) in [5, 5.41) is 11.5. The van der Waals surface area contributed by atoms with Crippen LogP contribution >= 0.6 is 12.4 Å². The van der Waals surface area contributed by atoms with Crippen LogP contribution in [0.2, 0.25) is 0 Å². The predicted molar refractivity (Wildman–Crippen MR) is 35.6 cm³/mol. The summed E-state index contributed by atoms with van der Waals surface area (Å²) in [6.45, 7) is 0.942. The number of aliphatic hydroxyl groups excluding tert-OH is 1. The Balaban J connectivity index is 0.000000640. The molecule has 0 spiro atoms. The number of halogens is 2. The Bertz CT molecular complexity index is 75.4. The molecular weight excluding hydrogens is 145 g/mol. The second-order valence-corrected chi connectivity index (χ2v) is 2.15. The lowest BCUT2D eigenvalue weighted by Crippen LogP contribution is -2.40. The fourth-order valence-corrected chi connectivity index (χ4v) is 0.868. The molecule has 0 saturated carbocycles. The predicted octanol–water partition coefficient (Wildman–Crippen LogP) is 0.100. The normalized spacial score (nSPS) is 35.3. The van der Waals surface area contributed by atoms with E-state index >= 15 is 0 Å². The molecule has 0 bridgehead atoms. The highest BCUT2D eigenvalue weighted by Gasteiger charge is 2.17. The van der Waals surface area contributed by atoms with Crippen molar-refractivity contribution in [3.05, 3.63) is 0 Å². The molecule has 2 atom stereocenters. The molecule has 0 aromatic rings. The van der Waals surface area contributed by atoms with Crippen molar-refractivity contribution in [1.29, 1.82) is 0 Å².